The summed E-state index contributed by atoms with van der Waals surface area (Å²) in [6.07, 6.45) is 6.67. The summed E-state index contributed by atoms with van der Waals surface area (Å²) < 4.78 is 41.7. The van der Waals surface area contributed by atoms with Gasteiger partial charge in [-0.3, -0.25) is 24.6 Å². The minimum atomic E-state index is -4.65. The number of aromatic nitrogens is 2. The molecule has 2 aromatic heterocycles. The number of allylic oxidation sites excluding steroid dienone is 1. The first-order valence-corrected chi connectivity index (χ1v) is 23.7. The Bertz CT molecular complexity index is 2800. The molecular formula is C47H51ClN8O8S. The molecular weight excluding hydrogens is 872 g/mol. The van der Waals surface area contributed by atoms with E-state index in [0.717, 1.165) is 61.1 Å². The number of morpholine rings is 1. The number of amides is 2. The average Bonchev–Trinajstić information content (AvgIpc) is 3.93. The first kappa shape index (κ1) is 44.2. The van der Waals surface area contributed by atoms with E-state index in [1.165, 1.54) is 35.0 Å². The number of nitrogens with one attached hydrogen (secondary N) is 3. The second-order valence-corrected chi connectivity index (χ2v) is 20.1. The van der Waals surface area contributed by atoms with Crippen LogP contribution in [0.5, 0.6) is 11.5 Å². The van der Waals surface area contributed by atoms with Gasteiger partial charge >= 0.3 is 0 Å². The van der Waals surface area contributed by atoms with Crippen molar-refractivity contribution in [3.05, 3.63) is 117 Å². The van der Waals surface area contributed by atoms with Crippen LogP contribution in [0.15, 0.2) is 89.6 Å². The Balaban J connectivity index is 0.935. The maximum Gasteiger partial charge on any atom is 0.293 e. The summed E-state index contributed by atoms with van der Waals surface area (Å²) in [5, 5.41) is 16.8. The molecule has 3 aliphatic heterocycles. The van der Waals surface area contributed by atoms with Gasteiger partial charge in [0.2, 0.25) is 5.91 Å². The van der Waals surface area contributed by atoms with Crippen LogP contribution in [0.4, 0.5) is 17.1 Å². The van der Waals surface area contributed by atoms with E-state index < -0.39 is 37.5 Å². The predicted octanol–water partition coefficient (Wildman–Crippen LogP) is 7.41. The Morgan fingerprint density at radius 1 is 1.02 bits per heavy atom. The van der Waals surface area contributed by atoms with Crippen LogP contribution in [0, 0.1) is 15.5 Å². The zero-order chi connectivity index (χ0) is 45.5. The predicted molar refractivity (Wildman–Crippen MR) is 248 cm³/mol. The molecule has 3 aromatic carbocycles. The summed E-state index contributed by atoms with van der Waals surface area (Å²) in [6, 6.07) is 18.5. The summed E-state index contributed by atoms with van der Waals surface area (Å²) in [4.78, 5) is 52.1. The summed E-state index contributed by atoms with van der Waals surface area (Å²) in [5.74, 6) is -0.672. The van der Waals surface area contributed by atoms with Gasteiger partial charge < -0.3 is 29.6 Å². The number of nitro groups is 1. The first-order chi connectivity index (χ1) is 31.2. The van der Waals surface area contributed by atoms with Gasteiger partial charge in [-0.2, -0.15) is 0 Å². The fourth-order valence-electron chi connectivity index (χ4n) is 9.30. The van der Waals surface area contributed by atoms with E-state index in [1.807, 2.05) is 18.2 Å². The number of hydrogen-bond donors (Lipinski definition) is 3. The highest BCUT2D eigenvalue weighted by Crippen LogP contribution is 2.44. The van der Waals surface area contributed by atoms with Crippen LogP contribution in [-0.2, 0) is 26.0 Å². The zero-order valence-electron chi connectivity index (χ0n) is 36.3. The lowest BCUT2D eigenvalue weighted by atomic mass is 9.72. The molecule has 0 spiro atoms. The average molecular weight is 923 g/mol. The van der Waals surface area contributed by atoms with Gasteiger partial charge in [0.05, 0.1) is 34.8 Å². The molecule has 0 bridgehead atoms. The monoisotopic (exact) mass is 922 g/mol. The highest BCUT2D eigenvalue weighted by Gasteiger charge is 2.35. The van der Waals surface area contributed by atoms with Crippen molar-refractivity contribution in [3.8, 4) is 11.5 Å². The molecule has 16 nitrogen and oxygen atoms in total. The summed E-state index contributed by atoms with van der Waals surface area (Å²) >= 11 is 6.25. The second kappa shape index (κ2) is 18.1. The Labute approximate surface area is 382 Å². The quantitative estimate of drug-likeness (QED) is 0.0831. The number of nitro benzene ring substituents is 1. The van der Waals surface area contributed by atoms with Gasteiger partial charge in [-0.1, -0.05) is 43.2 Å². The number of halogens is 1. The number of nitrogens with zero attached hydrogens (tertiary/aromatic N) is 5. The molecule has 9 rings (SSSR count). The minimum Gasteiger partial charge on any atom is -0.455 e. The number of pyridine rings is 1. The number of carbonyl (C=O) groups is 2. The van der Waals surface area contributed by atoms with Crippen LogP contribution in [0.2, 0.25) is 5.02 Å². The summed E-state index contributed by atoms with van der Waals surface area (Å²) in [5.41, 5.74) is 5.70. The maximum atomic E-state index is 14.1. The van der Waals surface area contributed by atoms with Crippen molar-refractivity contribution in [2.24, 2.45) is 5.41 Å². The van der Waals surface area contributed by atoms with Gasteiger partial charge in [-0.15, -0.1) is 0 Å². The Kier molecular flexibility index (Phi) is 12.3. The number of ether oxygens (including phenoxy) is 2. The van der Waals surface area contributed by atoms with E-state index in [4.69, 9.17) is 21.1 Å². The molecule has 340 valence electrons. The number of benzene rings is 3. The van der Waals surface area contributed by atoms with E-state index in [2.05, 4.69) is 55.8 Å². The number of fused-ring (bicyclic) bond motifs is 2. The number of hydrogen-bond acceptors (Lipinski definition) is 12. The van der Waals surface area contributed by atoms with Crippen molar-refractivity contribution >= 4 is 67.1 Å². The molecule has 2 amide bonds. The van der Waals surface area contributed by atoms with Crippen LogP contribution < -0.4 is 19.7 Å². The van der Waals surface area contributed by atoms with Gasteiger partial charge in [0.1, 0.15) is 22.8 Å². The van der Waals surface area contributed by atoms with Crippen molar-refractivity contribution < 1.29 is 32.4 Å². The van der Waals surface area contributed by atoms with Gasteiger partial charge in [0.25, 0.3) is 21.6 Å². The fraction of sp³-hybridized carbons (Fsp3) is 0.383. The van der Waals surface area contributed by atoms with Gasteiger partial charge in [-0.05, 0) is 90.3 Å². The van der Waals surface area contributed by atoms with E-state index >= 15 is 0 Å². The van der Waals surface area contributed by atoms with Crippen molar-refractivity contribution in [2.75, 3.05) is 69.2 Å². The number of anilines is 2. The van der Waals surface area contributed by atoms with Crippen LogP contribution in [0.1, 0.15) is 61.0 Å². The van der Waals surface area contributed by atoms with E-state index in [0.29, 0.717) is 56.4 Å². The zero-order valence-corrected chi connectivity index (χ0v) is 37.8. The molecule has 5 aromatic rings. The lowest BCUT2D eigenvalue weighted by Crippen LogP contribution is -2.47. The Hall–Kier alpha value is -6.01. The second-order valence-electron chi connectivity index (χ2n) is 18.0. The van der Waals surface area contributed by atoms with Crippen LogP contribution in [-0.4, -0.2) is 110 Å². The lowest BCUT2D eigenvalue weighted by molar-refractivity contribution is -0.384. The number of H-pyrrole nitrogens is 1. The van der Waals surface area contributed by atoms with Crippen LogP contribution >= 0.6 is 11.6 Å². The van der Waals surface area contributed by atoms with Gasteiger partial charge in [0, 0.05) is 92.7 Å². The molecule has 1 aliphatic carbocycles. The number of aromatic amines is 1. The third kappa shape index (κ3) is 9.83. The fourth-order valence-corrected chi connectivity index (χ4v) is 10.5. The van der Waals surface area contributed by atoms with E-state index in [9.17, 15) is 28.1 Å². The molecule has 2 fully saturated rings. The molecule has 18 heteroatoms. The molecule has 1 atom stereocenters. The molecule has 3 N–H and O–H groups in total. The van der Waals surface area contributed by atoms with E-state index in [1.54, 1.807) is 29.3 Å². The molecule has 5 heterocycles. The third-order valence-electron chi connectivity index (χ3n) is 12.8. The highest BCUT2D eigenvalue weighted by atomic mass is 35.5. The van der Waals surface area contributed by atoms with Gasteiger partial charge in [-0.25, -0.2) is 18.1 Å². The number of rotatable bonds is 12. The number of sulfonamides is 1. The standard InChI is InChI=1S/C47H51ClN8O8S/c1-47(2)11-9-32(40(27-47)30-3-5-34(48)6-4-30)29-53-13-15-54(16-14-53)36-7-8-39(42(25-36)64-37-22-31-10-12-49-45(31)50-28-37)46(58)52-65(61,62)38-23-33-21-35(51-44(33)41(26-38)56(59)60)24-43(57)55-17-19-63-20-18-55/h3-8,10,12,22-23,25-26,28,35,51H,9,11,13-21,24,27,29H2,1-2H3,(H,49,50)(H,52,58)/t35-/m0/s1. The molecule has 4 aliphatic rings. The number of piperazine rings is 1. The van der Waals surface area contributed by atoms with Crippen LogP contribution in [0.3, 0.4) is 0 Å². The molecule has 0 radical (unpaired) electrons. The first-order valence-electron chi connectivity index (χ1n) is 21.9. The van der Waals surface area contributed by atoms with Gasteiger partial charge in [0.15, 0.2) is 0 Å². The molecule has 65 heavy (non-hydrogen) atoms. The Morgan fingerprint density at radius 3 is 2.54 bits per heavy atom. The van der Waals surface area contributed by atoms with E-state index in [-0.39, 0.29) is 41.2 Å². The molecule has 0 saturated carbocycles. The smallest absolute Gasteiger partial charge is 0.293 e. The lowest BCUT2D eigenvalue weighted by Gasteiger charge is -2.39. The summed E-state index contributed by atoms with van der Waals surface area (Å²) in [6.45, 7) is 10.3. The van der Waals surface area contributed by atoms with Crippen molar-refractivity contribution in [2.45, 2.75) is 56.9 Å². The SMILES string of the molecule is CC1(C)CCC(CN2CCN(c3ccc(C(=O)NS(=O)(=O)c4cc5c(c([N+](=O)[O-])c4)N[C@H](CC(=O)N4CCOCC4)C5)c(Oc4cnc5[nH]ccc5c4)c3)CC2)=C(c2ccc(Cl)cc2)C1. The normalized spacial score (nSPS) is 18.9. The highest BCUT2D eigenvalue weighted by molar-refractivity contribution is 7.90. The number of carbonyl (C=O) groups excluding carboxylic acids is 2. The Morgan fingerprint density at radius 2 is 1.78 bits per heavy atom. The summed E-state index contributed by atoms with van der Waals surface area (Å²) in [7, 11) is -4.65. The minimum absolute atomic E-state index is 0.0639. The van der Waals surface area contributed by atoms with Crippen molar-refractivity contribution in [3.63, 3.8) is 0 Å². The van der Waals surface area contributed by atoms with Crippen molar-refractivity contribution in [1.29, 1.82) is 0 Å². The molecule has 0 unspecified atom stereocenters. The molecule has 2 saturated heterocycles. The third-order valence-corrected chi connectivity index (χ3v) is 14.4. The van der Waals surface area contributed by atoms with Crippen molar-refractivity contribution in [1.82, 2.24) is 24.5 Å². The largest absolute Gasteiger partial charge is 0.455 e. The topological polar surface area (TPSA) is 192 Å². The van der Waals surface area contributed by atoms with Crippen LogP contribution in [0.25, 0.3) is 16.6 Å². The maximum absolute atomic E-state index is 14.1.